The second-order valence-electron chi connectivity index (χ2n) is 5.74. The third-order valence-electron chi connectivity index (χ3n) is 3.89. The van der Waals surface area contributed by atoms with Crippen molar-refractivity contribution in [3.05, 3.63) is 30.1 Å². The van der Waals surface area contributed by atoms with Gasteiger partial charge in [0.15, 0.2) is 0 Å². The molecule has 1 heterocycles. The predicted octanol–water partition coefficient (Wildman–Crippen LogP) is 1.46. The fourth-order valence-corrected chi connectivity index (χ4v) is 3.76. The topological polar surface area (TPSA) is 58.6 Å². The molecule has 1 aromatic rings. The fourth-order valence-electron chi connectivity index (χ4n) is 2.63. The normalized spacial score (nSPS) is 18.5. The largest absolute Gasteiger partial charge is 0.379 e. The van der Waals surface area contributed by atoms with E-state index in [0.717, 1.165) is 19.2 Å². The molecule has 1 aliphatic rings. The van der Waals surface area contributed by atoms with E-state index in [9.17, 15) is 12.8 Å². The first-order valence-electron chi connectivity index (χ1n) is 7.48. The average Bonchev–Trinajstić information content (AvgIpc) is 2.48. The van der Waals surface area contributed by atoms with Gasteiger partial charge in [0, 0.05) is 25.7 Å². The van der Waals surface area contributed by atoms with E-state index in [4.69, 9.17) is 4.74 Å². The van der Waals surface area contributed by atoms with Crippen molar-refractivity contribution in [2.24, 2.45) is 5.92 Å². The zero-order chi connectivity index (χ0) is 16.2. The van der Waals surface area contributed by atoms with Crippen molar-refractivity contribution < 1.29 is 17.5 Å². The minimum atomic E-state index is -3.84. The number of hydrogen-bond donors (Lipinski definition) is 1. The summed E-state index contributed by atoms with van der Waals surface area (Å²) in [5, 5.41) is 0. The third-order valence-corrected chi connectivity index (χ3v) is 5.35. The quantitative estimate of drug-likeness (QED) is 0.858. The highest BCUT2D eigenvalue weighted by Crippen LogP contribution is 2.16. The van der Waals surface area contributed by atoms with Crippen LogP contribution >= 0.6 is 0 Å². The molecule has 1 atom stereocenters. The number of morpholine rings is 1. The van der Waals surface area contributed by atoms with Gasteiger partial charge in [-0.05, 0) is 18.1 Å². The second kappa shape index (κ2) is 7.50. The van der Waals surface area contributed by atoms with Crippen LogP contribution in [0.15, 0.2) is 29.2 Å². The second-order valence-corrected chi connectivity index (χ2v) is 7.48. The molecule has 0 spiro atoms. The fraction of sp³-hybridized carbons (Fsp3) is 0.600. The number of rotatable bonds is 6. The van der Waals surface area contributed by atoms with Crippen LogP contribution in [0.2, 0.25) is 0 Å². The molecule has 1 fully saturated rings. The van der Waals surface area contributed by atoms with Gasteiger partial charge < -0.3 is 4.74 Å². The molecule has 7 heteroatoms. The molecule has 0 saturated carbocycles. The highest BCUT2D eigenvalue weighted by atomic mass is 32.2. The van der Waals surface area contributed by atoms with Crippen LogP contribution in [0.5, 0.6) is 0 Å². The summed E-state index contributed by atoms with van der Waals surface area (Å²) in [5.74, 6) is -0.455. The summed E-state index contributed by atoms with van der Waals surface area (Å²) in [6.07, 6.45) is 0. The molecule has 1 aliphatic heterocycles. The minimum absolute atomic E-state index is 0.0606. The van der Waals surface area contributed by atoms with E-state index in [1.165, 1.54) is 18.2 Å². The Hall–Kier alpha value is -1.02. The van der Waals surface area contributed by atoms with Crippen molar-refractivity contribution in [3.63, 3.8) is 0 Å². The highest BCUT2D eigenvalue weighted by Gasteiger charge is 2.26. The Balaban J connectivity index is 2.07. The monoisotopic (exact) mass is 330 g/mol. The SMILES string of the molecule is CC(C)C(CNS(=O)(=O)c1ccccc1F)N1CCOCC1. The molecule has 0 aliphatic carbocycles. The Morgan fingerprint density at radius 3 is 2.50 bits per heavy atom. The van der Waals surface area contributed by atoms with Crippen LogP contribution in [0.3, 0.4) is 0 Å². The Morgan fingerprint density at radius 1 is 1.27 bits per heavy atom. The Bertz CT molecular complexity index is 586. The summed E-state index contributed by atoms with van der Waals surface area (Å²) in [4.78, 5) is 1.91. The van der Waals surface area contributed by atoms with E-state index in [2.05, 4.69) is 23.5 Å². The lowest BCUT2D eigenvalue weighted by Gasteiger charge is -2.36. The van der Waals surface area contributed by atoms with Crippen molar-refractivity contribution in [1.82, 2.24) is 9.62 Å². The average molecular weight is 330 g/mol. The number of ether oxygens (including phenoxy) is 1. The van der Waals surface area contributed by atoms with Crippen molar-refractivity contribution in [2.75, 3.05) is 32.8 Å². The van der Waals surface area contributed by atoms with E-state index in [1.807, 2.05) is 0 Å². The molecular weight excluding hydrogens is 307 g/mol. The zero-order valence-electron chi connectivity index (χ0n) is 13.0. The molecular formula is C15H23FN2O3S. The van der Waals surface area contributed by atoms with E-state index in [-0.39, 0.29) is 23.4 Å². The van der Waals surface area contributed by atoms with Gasteiger partial charge in [0.25, 0.3) is 0 Å². The molecule has 0 amide bonds. The van der Waals surface area contributed by atoms with E-state index < -0.39 is 15.8 Å². The van der Waals surface area contributed by atoms with E-state index in [1.54, 1.807) is 0 Å². The third kappa shape index (κ3) is 4.25. The summed E-state index contributed by atoms with van der Waals surface area (Å²) in [6.45, 7) is 7.24. The lowest BCUT2D eigenvalue weighted by atomic mass is 10.0. The summed E-state index contributed by atoms with van der Waals surface area (Å²) in [7, 11) is -3.84. The van der Waals surface area contributed by atoms with Gasteiger partial charge in [0.1, 0.15) is 10.7 Å². The number of benzene rings is 1. The van der Waals surface area contributed by atoms with Gasteiger partial charge in [-0.2, -0.15) is 0 Å². The van der Waals surface area contributed by atoms with Gasteiger partial charge in [-0.15, -0.1) is 0 Å². The maximum atomic E-state index is 13.7. The molecule has 2 rings (SSSR count). The van der Waals surface area contributed by atoms with Crippen LogP contribution in [0.1, 0.15) is 13.8 Å². The summed E-state index contributed by atoms with van der Waals surface area (Å²) in [5.41, 5.74) is 0. The molecule has 1 aromatic carbocycles. The van der Waals surface area contributed by atoms with Crippen LogP contribution in [-0.2, 0) is 14.8 Å². The number of halogens is 1. The number of nitrogens with one attached hydrogen (secondary N) is 1. The summed E-state index contributed by atoms with van der Waals surface area (Å²) in [6, 6.07) is 5.47. The molecule has 0 radical (unpaired) electrons. The van der Waals surface area contributed by atoms with Crippen LogP contribution in [0, 0.1) is 11.7 Å². The van der Waals surface area contributed by atoms with Crippen molar-refractivity contribution in [1.29, 1.82) is 0 Å². The molecule has 5 nitrogen and oxygen atoms in total. The molecule has 1 unspecified atom stereocenters. The van der Waals surface area contributed by atoms with Gasteiger partial charge >= 0.3 is 0 Å². The Kier molecular flexibility index (Phi) is 5.91. The minimum Gasteiger partial charge on any atom is -0.379 e. The number of nitrogens with zero attached hydrogens (tertiary/aromatic N) is 1. The summed E-state index contributed by atoms with van der Waals surface area (Å²) >= 11 is 0. The van der Waals surface area contributed by atoms with Gasteiger partial charge in [-0.1, -0.05) is 26.0 Å². The van der Waals surface area contributed by atoms with Gasteiger partial charge in [-0.3, -0.25) is 4.90 Å². The van der Waals surface area contributed by atoms with Gasteiger partial charge in [-0.25, -0.2) is 17.5 Å². The lowest BCUT2D eigenvalue weighted by molar-refractivity contribution is 0.00776. The molecule has 1 N–H and O–H groups in total. The Morgan fingerprint density at radius 2 is 1.91 bits per heavy atom. The molecule has 1 saturated heterocycles. The number of sulfonamides is 1. The van der Waals surface area contributed by atoms with Crippen LogP contribution in [0.25, 0.3) is 0 Å². The van der Waals surface area contributed by atoms with Crippen LogP contribution < -0.4 is 4.72 Å². The lowest BCUT2D eigenvalue weighted by Crippen LogP contribution is -2.51. The van der Waals surface area contributed by atoms with Gasteiger partial charge in [0.05, 0.1) is 13.2 Å². The maximum Gasteiger partial charge on any atom is 0.243 e. The van der Waals surface area contributed by atoms with Gasteiger partial charge in [0.2, 0.25) is 10.0 Å². The first-order chi connectivity index (χ1) is 10.4. The summed E-state index contributed by atoms with van der Waals surface area (Å²) < 4.78 is 46.1. The van der Waals surface area contributed by atoms with Crippen molar-refractivity contribution in [2.45, 2.75) is 24.8 Å². The molecule has 124 valence electrons. The zero-order valence-corrected chi connectivity index (χ0v) is 13.8. The van der Waals surface area contributed by atoms with Crippen LogP contribution in [0.4, 0.5) is 4.39 Å². The molecule has 0 aromatic heterocycles. The Labute approximate surface area is 131 Å². The van der Waals surface area contributed by atoms with Crippen LogP contribution in [-0.4, -0.2) is 52.2 Å². The molecule has 0 bridgehead atoms. The standard InChI is InChI=1S/C15H23FN2O3S/c1-12(2)14(18-7-9-21-10-8-18)11-17-22(19,20)15-6-4-3-5-13(15)16/h3-6,12,14,17H,7-11H2,1-2H3. The maximum absolute atomic E-state index is 13.7. The predicted molar refractivity (Wildman–Crippen MR) is 82.6 cm³/mol. The van der Waals surface area contributed by atoms with E-state index >= 15 is 0 Å². The molecule has 22 heavy (non-hydrogen) atoms. The number of hydrogen-bond acceptors (Lipinski definition) is 4. The first kappa shape index (κ1) is 17.3. The van der Waals surface area contributed by atoms with Crippen molar-refractivity contribution >= 4 is 10.0 Å². The van der Waals surface area contributed by atoms with E-state index in [0.29, 0.717) is 13.2 Å². The first-order valence-corrected chi connectivity index (χ1v) is 8.96. The highest BCUT2D eigenvalue weighted by molar-refractivity contribution is 7.89. The smallest absolute Gasteiger partial charge is 0.243 e. The van der Waals surface area contributed by atoms with Crippen molar-refractivity contribution in [3.8, 4) is 0 Å².